The number of nitrogens with two attached hydrogens (primary N) is 1. The molecule has 11 nitrogen and oxygen atoms in total. The fraction of sp³-hybridized carbons (Fsp3) is 0.267. The average Bonchev–Trinajstić information content (AvgIpc) is 2.99. The summed E-state index contributed by atoms with van der Waals surface area (Å²) in [4.78, 5) is 30.1. The van der Waals surface area contributed by atoms with Crippen molar-refractivity contribution in [3.8, 4) is 11.8 Å². The molecule has 0 fully saturated rings. The van der Waals surface area contributed by atoms with Crippen molar-refractivity contribution in [2.45, 2.75) is 9.79 Å². The van der Waals surface area contributed by atoms with Crippen LogP contribution in [0.4, 0.5) is 16.2 Å². The van der Waals surface area contributed by atoms with E-state index in [1.54, 1.807) is 44.6 Å². The predicted octanol–water partition coefficient (Wildman–Crippen LogP) is 3.40. The second-order valence-corrected chi connectivity index (χ2v) is 9.73. The molecule has 0 saturated heterocycles. The first-order chi connectivity index (χ1) is 20.4. The van der Waals surface area contributed by atoms with Gasteiger partial charge in [-0.25, -0.2) is 4.79 Å². The number of nitrogens with zero attached hydrogens (tertiary/aromatic N) is 1. The Kier molecular flexibility index (Phi) is 13.3. The second kappa shape index (κ2) is 17.4. The Morgan fingerprint density at radius 2 is 1.76 bits per heavy atom. The highest BCUT2D eigenvalue weighted by atomic mass is 32.2. The normalized spacial score (nSPS) is 10.3. The Bertz CT molecular complexity index is 1440. The quantitative estimate of drug-likeness (QED) is 0.0826. The number of methoxy groups -OCH3 is 1. The number of nitrogen functional groups attached to an aromatic ring is 1. The molecule has 0 spiro atoms. The number of benzene rings is 2. The van der Waals surface area contributed by atoms with Crippen molar-refractivity contribution in [1.29, 1.82) is 5.41 Å². The summed E-state index contributed by atoms with van der Waals surface area (Å²) >= 11 is 1.41. The van der Waals surface area contributed by atoms with E-state index in [1.807, 2.05) is 24.3 Å². The molecule has 3 amide bonds. The summed E-state index contributed by atoms with van der Waals surface area (Å²) in [6.45, 7) is 2.60. The maximum absolute atomic E-state index is 12.2. The number of pyridine rings is 1. The number of hydrogen-bond acceptors (Lipinski definition) is 9. The first-order valence-corrected chi connectivity index (χ1v) is 13.9. The number of rotatable bonds is 14. The Morgan fingerprint density at radius 1 is 1.00 bits per heavy atom. The molecule has 0 saturated carbocycles. The van der Waals surface area contributed by atoms with Crippen LogP contribution in [-0.2, 0) is 14.2 Å². The minimum atomic E-state index is -0.404. The zero-order valence-corrected chi connectivity index (χ0v) is 24.3. The first-order valence-electron chi connectivity index (χ1n) is 13.0. The van der Waals surface area contributed by atoms with E-state index < -0.39 is 6.03 Å². The van der Waals surface area contributed by atoms with Crippen molar-refractivity contribution in [1.82, 2.24) is 15.6 Å². The molecule has 2 aromatic carbocycles. The number of nitrogens with one attached hydrogen (secondary N) is 4. The van der Waals surface area contributed by atoms with E-state index in [0.29, 0.717) is 67.6 Å². The molecule has 1 aromatic heterocycles. The van der Waals surface area contributed by atoms with E-state index >= 15 is 0 Å². The molecular formula is C30H34N6O5S. The van der Waals surface area contributed by atoms with Crippen LogP contribution >= 0.6 is 11.8 Å². The molecule has 6 N–H and O–H groups in total. The Balaban J connectivity index is 1.52. The van der Waals surface area contributed by atoms with Crippen LogP contribution in [0.3, 0.4) is 0 Å². The molecule has 220 valence electrons. The fourth-order valence-corrected chi connectivity index (χ4v) is 4.48. The van der Waals surface area contributed by atoms with Crippen molar-refractivity contribution >= 4 is 40.8 Å². The van der Waals surface area contributed by atoms with Gasteiger partial charge >= 0.3 is 6.03 Å². The minimum Gasteiger partial charge on any atom is -0.398 e. The van der Waals surface area contributed by atoms with Gasteiger partial charge in [-0.1, -0.05) is 29.8 Å². The lowest BCUT2D eigenvalue weighted by Gasteiger charge is -2.10. The van der Waals surface area contributed by atoms with E-state index in [2.05, 4.69) is 32.8 Å². The molecule has 0 bridgehead atoms. The summed E-state index contributed by atoms with van der Waals surface area (Å²) in [5.41, 5.74) is 8.71. The van der Waals surface area contributed by atoms with Gasteiger partial charge in [0, 0.05) is 53.5 Å². The van der Waals surface area contributed by atoms with E-state index in [-0.39, 0.29) is 11.6 Å². The number of urea groups is 1. The number of aromatic nitrogens is 1. The SMILES string of the molecule is CNC(=O)c1ccccc1Sc1ccc(C(=N)C#Cc2cncc(NC(=O)NCCOCCOCCOC)c2)c(N)c1. The highest BCUT2D eigenvalue weighted by Gasteiger charge is 2.12. The molecule has 0 aliphatic heterocycles. The maximum Gasteiger partial charge on any atom is 0.319 e. The molecule has 0 aliphatic carbocycles. The van der Waals surface area contributed by atoms with Crippen LogP contribution in [0.5, 0.6) is 0 Å². The zero-order chi connectivity index (χ0) is 30.2. The van der Waals surface area contributed by atoms with Crippen molar-refractivity contribution < 1.29 is 23.8 Å². The molecular weight excluding hydrogens is 556 g/mol. The van der Waals surface area contributed by atoms with E-state index in [9.17, 15) is 9.59 Å². The monoisotopic (exact) mass is 590 g/mol. The van der Waals surface area contributed by atoms with Crippen LogP contribution in [0.25, 0.3) is 0 Å². The third kappa shape index (κ3) is 10.5. The van der Waals surface area contributed by atoms with Gasteiger partial charge in [-0.15, -0.1) is 0 Å². The standard InChI is InChI=1S/C30H34N6O5S/c1-33-29(37)25-5-3-4-6-28(25)42-23-8-9-24(27(32)18-23)26(31)10-7-21-17-22(20-34-19-21)36-30(38)35-11-12-40-15-16-41-14-13-39-2/h3-6,8-9,17-20,31H,11-16,32H2,1-2H3,(H,33,37)(H2,35,36,38). The number of amides is 3. The fourth-order valence-electron chi connectivity index (χ4n) is 3.49. The zero-order valence-electron chi connectivity index (χ0n) is 23.5. The van der Waals surface area contributed by atoms with Gasteiger partial charge in [0.05, 0.1) is 50.5 Å². The molecule has 42 heavy (non-hydrogen) atoms. The largest absolute Gasteiger partial charge is 0.398 e. The minimum absolute atomic E-state index is 0.0370. The van der Waals surface area contributed by atoms with Gasteiger partial charge in [0.2, 0.25) is 0 Å². The van der Waals surface area contributed by atoms with Crippen molar-refractivity contribution in [2.75, 3.05) is 64.8 Å². The number of anilines is 2. The van der Waals surface area contributed by atoms with Gasteiger partial charge in [0.1, 0.15) is 5.71 Å². The van der Waals surface area contributed by atoms with Gasteiger partial charge in [-0.05, 0) is 42.3 Å². The smallest absolute Gasteiger partial charge is 0.319 e. The van der Waals surface area contributed by atoms with Crippen LogP contribution in [0.15, 0.2) is 70.7 Å². The van der Waals surface area contributed by atoms with Crippen LogP contribution in [0.2, 0.25) is 0 Å². The van der Waals surface area contributed by atoms with Crippen LogP contribution < -0.4 is 21.7 Å². The molecule has 3 aromatic rings. The lowest BCUT2D eigenvalue weighted by molar-refractivity contribution is 0.0260. The molecule has 0 unspecified atom stereocenters. The molecule has 12 heteroatoms. The molecule has 0 aliphatic rings. The van der Waals surface area contributed by atoms with Gasteiger partial charge in [-0.2, -0.15) is 0 Å². The topological polar surface area (TPSA) is 161 Å². The Morgan fingerprint density at radius 3 is 2.52 bits per heavy atom. The highest BCUT2D eigenvalue weighted by Crippen LogP contribution is 2.32. The summed E-state index contributed by atoms with van der Waals surface area (Å²) < 4.78 is 15.6. The van der Waals surface area contributed by atoms with Gasteiger partial charge in [-0.3, -0.25) is 15.2 Å². The summed E-state index contributed by atoms with van der Waals surface area (Å²) in [5.74, 6) is 5.52. The van der Waals surface area contributed by atoms with Crippen LogP contribution in [0.1, 0.15) is 21.5 Å². The maximum atomic E-state index is 12.2. The average molecular weight is 591 g/mol. The van der Waals surface area contributed by atoms with Crippen molar-refractivity contribution in [3.05, 3.63) is 77.6 Å². The summed E-state index contributed by atoms with van der Waals surface area (Å²) in [5, 5.41) is 16.5. The van der Waals surface area contributed by atoms with E-state index in [0.717, 1.165) is 9.79 Å². The lowest BCUT2D eigenvalue weighted by atomic mass is 10.1. The number of ether oxygens (including phenoxy) is 3. The van der Waals surface area contributed by atoms with Gasteiger partial charge in [0.15, 0.2) is 0 Å². The number of carbonyl (C=O) groups excluding carboxylic acids is 2. The summed E-state index contributed by atoms with van der Waals surface area (Å²) in [6.07, 6.45) is 3.04. The van der Waals surface area contributed by atoms with Gasteiger partial charge < -0.3 is 35.9 Å². The summed E-state index contributed by atoms with van der Waals surface area (Å²) in [7, 11) is 3.20. The molecule has 3 rings (SSSR count). The molecule has 0 atom stereocenters. The Hall–Kier alpha value is -4.41. The second-order valence-electron chi connectivity index (χ2n) is 8.61. The number of hydrogen-bond donors (Lipinski definition) is 5. The first kappa shape index (κ1) is 32.1. The summed E-state index contributed by atoms with van der Waals surface area (Å²) in [6, 6.07) is 13.9. The third-order valence-electron chi connectivity index (χ3n) is 5.54. The molecule has 1 heterocycles. The van der Waals surface area contributed by atoms with Crippen LogP contribution in [0, 0.1) is 17.3 Å². The number of carbonyl (C=O) groups is 2. The van der Waals surface area contributed by atoms with Crippen molar-refractivity contribution in [3.63, 3.8) is 0 Å². The highest BCUT2D eigenvalue weighted by molar-refractivity contribution is 7.99. The van der Waals surface area contributed by atoms with Gasteiger partial charge in [0.25, 0.3) is 5.91 Å². The molecule has 0 radical (unpaired) electrons. The predicted molar refractivity (Wildman–Crippen MR) is 163 cm³/mol. The van der Waals surface area contributed by atoms with Crippen molar-refractivity contribution in [2.24, 2.45) is 0 Å². The lowest BCUT2D eigenvalue weighted by Crippen LogP contribution is -2.31. The third-order valence-corrected chi connectivity index (χ3v) is 6.61. The van der Waals surface area contributed by atoms with E-state index in [4.69, 9.17) is 25.4 Å². The van der Waals surface area contributed by atoms with Crippen LogP contribution in [-0.4, -0.2) is 76.4 Å². The Labute approximate surface area is 249 Å². The van der Waals surface area contributed by atoms with E-state index in [1.165, 1.54) is 18.0 Å².